The van der Waals surface area contributed by atoms with Crippen LogP contribution in [-0.2, 0) is 5.41 Å². The molecule has 1 aromatic rings. The molecule has 5 heteroatoms. The van der Waals surface area contributed by atoms with E-state index in [9.17, 15) is 5.11 Å². The highest BCUT2D eigenvalue weighted by Crippen LogP contribution is 2.39. The van der Waals surface area contributed by atoms with Crippen LogP contribution in [0.25, 0.3) is 0 Å². The normalized spacial score (nSPS) is 18.1. The van der Waals surface area contributed by atoms with E-state index in [2.05, 4.69) is 22.7 Å². The number of rotatable bonds is 4. The van der Waals surface area contributed by atoms with E-state index in [0.29, 0.717) is 0 Å². The molecule has 1 aliphatic carbocycles. The lowest BCUT2D eigenvalue weighted by Crippen LogP contribution is -2.33. The largest absolute Gasteiger partial charge is 0.395 e. The van der Waals surface area contributed by atoms with Gasteiger partial charge in [0.15, 0.2) is 5.11 Å². The van der Waals surface area contributed by atoms with Crippen LogP contribution in [0.15, 0.2) is 29.4 Å². The smallest absolute Gasteiger partial charge is 0.184 e. The van der Waals surface area contributed by atoms with Crippen molar-refractivity contribution in [3.05, 3.63) is 35.4 Å². The van der Waals surface area contributed by atoms with Gasteiger partial charge in [-0.05, 0) is 42.3 Å². The van der Waals surface area contributed by atoms with Crippen LogP contribution in [0.3, 0.4) is 0 Å². The molecule has 20 heavy (non-hydrogen) atoms. The minimum Gasteiger partial charge on any atom is -0.395 e. The van der Waals surface area contributed by atoms with Gasteiger partial charge in [-0.15, -0.1) is 0 Å². The molecular weight excluding hydrogens is 270 g/mol. The molecule has 0 radical (unpaired) electrons. The summed E-state index contributed by atoms with van der Waals surface area (Å²) in [6.07, 6.45) is 7.42. The third-order valence-electron chi connectivity index (χ3n) is 4.00. The van der Waals surface area contributed by atoms with Crippen molar-refractivity contribution >= 4 is 23.5 Å². The maximum absolute atomic E-state index is 9.86. The molecule has 108 valence electrons. The fourth-order valence-corrected chi connectivity index (χ4v) is 2.94. The quantitative estimate of drug-likeness (QED) is 0.451. The topological polar surface area (TPSA) is 70.6 Å². The fourth-order valence-electron chi connectivity index (χ4n) is 2.89. The van der Waals surface area contributed by atoms with Crippen molar-refractivity contribution in [3.63, 3.8) is 0 Å². The first-order valence-corrected chi connectivity index (χ1v) is 7.37. The zero-order valence-electron chi connectivity index (χ0n) is 11.5. The molecular formula is C15H21N3OS. The van der Waals surface area contributed by atoms with Gasteiger partial charge in [-0.1, -0.05) is 37.5 Å². The lowest BCUT2D eigenvalue weighted by Gasteiger charge is -2.36. The second kappa shape index (κ2) is 6.81. The van der Waals surface area contributed by atoms with Gasteiger partial charge in [0.05, 0.1) is 12.8 Å². The van der Waals surface area contributed by atoms with E-state index in [1.807, 2.05) is 12.1 Å². The molecule has 0 bridgehead atoms. The molecule has 1 aromatic carbocycles. The molecule has 1 fully saturated rings. The highest BCUT2D eigenvalue weighted by Gasteiger charge is 2.33. The molecule has 0 aromatic heterocycles. The van der Waals surface area contributed by atoms with E-state index in [4.69, 9.17) is 18.0 Å². The minimum absolute atomic E-state index is 0.0846. The summed E-state index contributed by atoms with van der Waals surface area (Å²) in [6, 6.07) is 8.16. The van der Waals surface area contributed by atoms with Crippen molar-refractivity contribution in [2.24, 2.45) is 10.8 Å². The number of hydrazone groups is 1. The van der Waals surface area contributed by atoms with Gasteiger partial charge in [0.2, 0.25) is 0 Å². The van der Waals surface area contributed by atoms with Crippen molar-refractivity contribution in [2.75, 3.05) is 6.61 Å². The van der Waals surface area contributed by atoms with Gasteiger partial charge in [0, 0.05) is 5.41 Å². The lowest BCUT2D eigenvalue weighted by atomic mass is 9.70. The summed E-state index contributed by atoms with van der Waals surface area (Å²) in [5.74, 6) is 0. The molecule has 2 rings (SSSR count). The maximum atomic E-state index is 9.86. The number of nitrogens with two attached hydrogens (primary N) is 1. The predicted octanol–water partition coefficient (Wildman–Crippen LogP) is 2.05. The third kappa shape index (κ3) is 3.55. The number of thiocarbonyl (C=S) groups is 1. The summed E-state index contributed by atoms with van der Waals surface area (Å²) >= 11 is 4.70. The molecule has 1 saturated carbocycles. The van der Waals surface area contributed by atoms with Crippen LogP contribution in [0, 0.1) is 0 Å². The Bertz CT molecular complexity index is 496. The van der Waals surface area contributed by atoms with Crippen LogP contribution in [0.4, 0.5) is 0 Å². The number of benzene rings is 1. The highest BCUT2D eigenvalue weighted by molar-refractivity contribution is 7.80. The molecule has 0 saturated heterocycles. The summed E-state index contributed by atoms with van der Waals surface area (Å²) in [4.78, 5) is 0. The fraction of sp³-hybridized carbons (Fsp3) is 0.467. The SMILES string of the molecule is NC(=S)NN=Cc1cccc(C2(CO)CCCCC2)c1. The van der Waals surface area contributed by atoms with Gasteiger partial charge in [-0.3, -0.25) is 5.43 Å². The first kappa shape index (κ1) is 14.9. The number of hydrogen-bond donors (Lipinski definition) is 3. The van der Waals surface area contributed by atoms with Gasteiger partial charge in [-0.2, -0.15) is 5.10 Å². The number of nitrogens with one attached hydrogen (secondary N) is 1. The summed E-state index contributed by atoms with van der Waals surface area (Å²) in [7, 11) is 0. The average Bonchev–Trinajstić information content (AvgIpc) is 2.48. The van der Waals surface area contributed by atoms with Gasteiger partial charge < -0.3 is 10.8 Å². The Balaban J connectivity index is 2.19. The summed E-state index contributed by atoms with van der Waals surface area (Å²) in [5, 5.41) is 14.0. The molecule has 0 atom stereocenters. The summed E-state index contributed by atoms with van der Waals surface area (Å²) < 4.78 is 0. The zero-order chi connectivity index (χ0) is 14.4. The monoisotopic (exact) mass is 291 g/mol. The van der Waals surface area contributed by atoms with Crippen LogP contribution in [0.5, 0.6) is 0 Å². The average molecular weight is 291 g/mol. The Morgan fingerprint density at radius 3 is 2.80 bits per heavy atom. The van der Waals surface area contributed by atoms with Gasteiger partial charge in [0.1, 0.15) is 0 Å². The Morgan fingerprint density at radius 2 is 2.15 bits per heavy atom. The first-order valence-electron chi connectivity index (χ1n) is 6.96. The van der Waals surface area contributed by atoms with E-state index < -0.39 is 0 Å². The minimum atomic E-state index is -0.0846. The molecule has 1 aliphatic rings. The van der Waals surface area contributed by atoms with Gasteiger partial charge >= 0.3 is 0 Å². The van der Waals surface area contributed by atoms with E-state index in [1.54, 1.807) is 6.21 Å². The molecule has 0 spiro atoms. The van der Waals surface area contributed by atoms with Crippen molar-refractivity contribution in [2.45, 2.75) is 37.5 Å². The highest BCUT2D eigenvalue weighted by atomic mass is 32.1. The van der Waals surface area contributed by atoms with Crippen molar-refractivity contribution < 1.29 is 5.11 Å². The van der Waals surface area contributed by atoms with Crippen molar-refractivity contribution in [1.82, 2.24) is 5.43 Å². The predicted molar refractivity (Wildman–Crippen MR) is 85.8 cm³/mol. The second-order valence-electron chi connectivity index (χ2n) is 5.36. The van der Waals surface area contributed by atoms with Crippen LogP contribution < -0.4 is 11.2 Å². The molecule has 4 nitrogen and oxygen atoms in total. The number of nitrogens with zero attached hydrogens (tertiary/aromatic N) is 1. The van der Waals surface area contributed by atoms with Crippen LogP contribution in [0.2, 0.25) is 0 Å². The molecule has 0 amide bonds. The van der Waals surface area contributed by atoms with Crippen molar-refractivity contribution in [3.8, 4) is 0 Å². The van der Waals surface area contributed by atoms with E-state index in [0.717, 1.165) is 18.4 Å². The second-order valence-corrected chi connectivity index (χ2v) is 5.80. The molecule has 4 N–H and O–H groups in total. The maximum Gasteiger partial charge on any atom is 0.184 e. The van der Waals surface area contributed by atoms with Gasteiger partial charge in [0.25, 0.3) is 0 Å². The number of aliphatic hydroxyl groups excluding tert-OH is 1. The van der Waals surface area contributed by atoms with Crippen LogP contribution in [-0.4, -0.2) is 23.0 Å². The third-order valence-corrected chi connectivity index (χ3v) is 4.09. The van der Waals surface area contributed by atoms with Crippen molar-refractivity contribution in [1.29, 1.82) is 0 Å². The van der Waals surface area contributed by atoms with E-state index >= 15 is 0 Å². The molecule has 0 unspecified atom stereocenters. The molecule has 0 heterocycles. The number of aliphatic hydroxyl groups is 1. The summed E-state index contributed by atoms with van der Waals surface area (Å²) in [5.41, 5.74) is 9.95. The zero-order valence-corrected chi connectivity index (χ0v) is 12.3. The Hall–Kier alpha value is -1.46. The lowest BCUT2D eigenvalue weighted by molar-refractivity contribution is 0.152. The van der Waals surface area contributed by atoms with E-state index in [1.165, 1.54) is 24.8 Å². The Kier molecular flexibility index (Phi) is 5.09. The van der Waals surface area contributed by atoms with E-state index in [-0.39, 0.29) is 17.1 Å². The van der Waals surface area contributed by atoms with Gasteiger partial charge in [-0.25, -0.2) is 0 Å². The number of hydrogen-bond acceptors (Lipinski definition) is 3. The summed E-state index contributed by atoms with van der Waals surface area (Å²) in [6.45, 7) is 0.207. The first-order chi connectivity index (χ1) is 9.66. The Morgan fingerprint density at radius 1 is 1.40 bits per heavy atom. The van der Waals surface area contributed by atoms with Crippen LogP contribution in [0.1, 0.15) is 43.2 Å². The Labute approximate surface area is 125 Å². The van der Waals surface area contributed by atoms with Crippen LogP contribution >= 0.6 is 12.2 Å². The standard InChI is InChI=1S/C15H21N3OS/c16-14(20)18-17-10-12-5-4-6-13(9-12)15(11-19)7-2-1-3-8-15/h4-6,9-10,19H,1-3,7-8,11H2,(H3,16,18,20). The molecule has 0 aliphatic heterocycles.